The Bertz CT molecular complexity index is 619. The Labute approximate surface area is 119 Å². The molecule has 0 spiro atoms. The lowest BCUT2D eigenvalue weighted by molar-refractivity contribution is -0.0976. The summed E-state index contributed by atoms with van der Waals surface area (Å²) in [7, 11) is 2.00. The zero-order chi connectivity index (χ0) is 14.3. The summed E-state index contributed by atoms with van der Waals surface area (Å²) in [6.07, 6.45) is 5.00. The van der Waals surface area contributed by atoms with Crippen LogP contribution in [0.5, 0.6) is 0 Å². The predicted octanol–water partition coefficient (Wildman–Crippen LogP) is 2.58. The van der Waals surface area contributed by atoms with Crippen LogP contribution in [-0.4, -0.2) is 33.3 Å². The first-order valence-corrected chi connectivity index (χ1v) is 7.18. The molecular weight excluding hydrogens is 252 g/mol. The van der Waals surface area contributed by atoms with Gasteiger partial charge in [0.05, 0.1) is 17.9 Å². The van der Waals surface area contributed by atoms with Crippen molar-refractivity contribution in [3.05, 3.63) is 18.6 Å². The van der Waals surface area contributed by atoms with E-state index in [9.17, 15) is 0 Å². The highest BCUT2D eigenvalue weighted by Gasteiger charge is 2.49. The molecule has 0 aliphatic heterocycles. The van der Waals surface area contributed by atoms with Gasteiger partial charge in [0.25, 0.3) is 0 Å². The van der Waals surface area contributed by atoms with Crippen LogP contribution in [-0.2, 0) is 11.8 Å². The normalized spacial score (nSPS) is 24.6. The minimum atomic E-state index is 0.120. The number of anilines is 1. The minimum Gasteiger partial charge on any atom is -0.378 e. The molecule has 2 aromatic heterocycles. The van der Waals surface area contributed by atoms with Gasteiger partial charge >= 0.3 is 0 Å². The summed E-state index contributed by atoms with van der Waals surface area (Å²) in [6, 6.07) is 2.36. The molecule has 108 valence electrons. The maximum atomic E-state index is 5.77. The number of nitrogens with zero attached hydrogens (tertiary/aromatic N) is 3. The van der Waals surface area contributed by atoms with Crippen LogP contribution in [0.25, 0.3) is 11.0 Å². The van der Waals surface area contributed by atoms with Crippen LogP contribution in [0.2, 0.25) is 0 Å². The minimum absolute atomic E-state index is 0.120. The molecule has 0 amide bonds. The van der Waals surface area contributed by atoms with Crippen molar-refractivity contribution in [1.82, 2.24) is 14.5 Å². The molecule has 5 nitrogen and oxygen atoms in total. The highest BCUT2D eigenvalue weighted by Crippen LogP contribution is 2.44. The van der Waals surface area contributed by atoms with Gasteiger partial charge in [0.2, 0.25) is 0 Å². The molecule has 20 heavy (non-hydrogen) atoms. The van der Waals surface area contributed by atoms with Gasteiger partial charge in [0, 0.05) is 31.3 Å². The summed E-state index contributed by atoms with van der Waals surface area (Å²) in [5.41, 5.74) is 2.15. The van der Waals surface area contributed by atoms with Gasteiger partial charge in [-0.15, -0.1) is 0 Å². The molecule has 5 heteroatoms. The van der Waals surface area contributed by atoms with Crippen LogP contribution in [0.3, 0.4) is 0 Å². The molecule has 1 aliphatic carbocycles. The monoisotopic (exact) mass is 274 g/mol. The second-order valence-electron chi connectivity index (χ2n) is 6.08. The van der Waals surface area contributed by atoms with Crippen LogP contribution in [0.4, 0.5) is 5.82 Å². The first-order chi connectivity index (χ1) is 9.54. The molecular formula is C15H22N4O. The Morgan fingerprint density at radius 3 is 2.95 bits per heavy atom. The van der Waals surface area contributed by atoms with Crippen molar-refractivity contribution in [3.8, 4) is 0 Å². The van der Waals surface area contributed by atoms with E-state index in [0.717, 1.165) is 29.9 Å². The lowest BCUT2D eigenvalue weighted by atomic mass is 9.64. The average molecular weight is 274 g/mol. The molecule has 2 unspecified atom stereocenters. The third-order valence-corrected chi connectivity index (χ3v) is 4.50. The predicted molar refractivity (Wildman–Crippen MR) is 79.7 cm³/mol. The van der Waals surface area contributed by atoms with Gasteiger partial charge < -0.3 is 14.6 Å². The third kappa shape index (κ3) is 1.97. The van der Waals surface area contributed by atoms with Gasteiger partial charge in [-0.2, -0.15) is 0 Å². The van der Waals surface area contributed by atoms with E-state index in [4.69, 9.17) is 4.74 Å². The zero-order valence-electron chi connectivity index (χ0n) is 12.6. The van der Waals surface area contributed by atoms with E-state index in [1.54, 1.807) is 0 Å². The van der Waals surface area contributed by atoms with E-state index in [1.807, 2.05) is 37.1 Å². The molecule has 2 atom stereocenters. The lowest BCUT2D eigenvalue weighted by Crippen LogP contribution is -2.58. The maximum Gasteiger partial charge on any atom is 0.154 e. The molecule has 1 aliphatic rings. The van der Waals surface area contributed by atoms with Gasteiger partial charge in [0.15, 0.2) is 5.82 Å². The topological polar surface area (TPSA) is 52.0 Å². The van der Waals surface area contributed by atoms with Gasteiger partial charge in [-0.25, -0.2) is 9.97 Å². The second-order valence-corrected chi connectivity index (χ2v) is 6.08. The van der Waals surface area contributed by atoms with Gasteiger partial charge in [-0.3, -0.25) is 0 Å². The van der Waals surface area contributed by atoms with Crippen molar-refractivity contribution in [2.45, 2.75) is 39.3 Å². The number of fused-ring (bicyclic) bond motifs is 1. The first kappa shape index (κ1) is 13.4. The zero-order valence-corrected chi connectivity index (χ0v) is 12.6. The maximum absolute atomic E-state index is 5.77. The molecule has 1 fully saturated rings. The molecule has 3 rings (SSSR count). The largest absolute Gasteiger partial charge is 0.378 e. The summed E-state index contributed by atoms with van der Waals surface area (Å²) in [5.74, 6) is 0.871. The molecule has 0 bridgehead atoms. The smallest absolute Gasteiger partial charge is 0.154 e. The number of ether oxygens (including phenoxy) is 1. The van der Waals surface area contributed by atoms with Gasteiger partial charge in [-0.05, 0) is 19.4 Å². The molecule has 0 radical (unpaired) electrons. The fourth-order valence-electron chi connectivity index (χ4n) is 2.95. The molecule has 0 aromatic carbocycles. The third-order valence-electron chi connectivity index (χ3n) is 4.50. The van der Waals surface area contributed by atoms with Crippen LogP contribution in [0.1, 0.15) is 27.2 Å². The van der Waals surface area contributed by atoms with Crippen molar-refractivity contribution in [1.29, 1.82) is 0 Å². The number of nitrogens with one attached hydrogen (secondary N) is 1. The summed E-state index contributed by atoms with van der Waals surface area (Å²) in [5, 5.41) is 3.55. The molecule has 2 aromatic rings. The Hall–Kier alpha value is -1.62. The van der Waals surface area contributed by atoms with Crippen molar-refractivity contribution in [2.75, 3.05) is 11.9 Å². The number of hydrogen-bond acceptors (Lipinski definition) is 4. The molecule has 0 saturated heterocycles. The quantitative estimate of drug-likeness (QED) is 0.931. The van der Waals surface area contributed by atoms with E-state index in [0.29, 0.717) is 12.1 Å². The Morgan fingerprint density at radius 1 is 1.45 bits per heavy atom. The van der Waals surface area contributed by atoms with Gasteiger partial charge in [-0.1, -0.05) is 13.8 Å². The van der Waals surface area contributed by atoms with Crippen LogP contribution in [0.15, 0.2) is 18.6 Å². The van der Waals surface area contributed by atoms with E-state index in [2.05, 4.69) is 29.1 Å². The van der Waals surface area contributed by atoms with Crippen LogP contribution < -0.4 is 5.32 Å². The van der Waals surface area contributed by atoms with Crippen molar-refractivity contribution < 1.29 is 4.74 Å². The highest BCUT2D eigenvalue weighted by molar-refractivity contribution is 5.85. The number of imidazole rings is 1. The molecule has 1 N–H and O–H groups in total. The number of rotatable bonds is 4. The average Bonchev–Trinajstić information content (AvgIpc) is 2.80. The fraction of sp³-hybridized carbons (Fsp3) is 0.600. The Morgan fingerprint density at radius 2 is 2.25 bits per heavy atom. The number of hydrogen-bond donors (Lipinski definition) is 1. The van der Waals surface area contributed by atoms with E-state index < -0.39 is 0 Å². The van der Waals surface area contributed by atoms with Gasteiger partial charge in [0.1, 0.15) is 5.52 Å². The van der Waals surface area contributed by atoms with Crippen molar-refractivity contribution >= 4 is 16.9 Å². The standard InChI is InChI=1S/C15H22N4O/c1-5-20-12-8-11(15(12,2)3)18-14-13-10(6-7-16-14)19(4)9-17-13/h6-7,9,11-12H,5,8H2,1-4H3,(H,16,18). The van der Waals surface area contributed by atoms with Crippen LogP contribution in [0, 0.1) is 5.41 Å². The lowest BCUT2D eigenvalue weighted by Gasteiger charge is -2.51. The van der Waals surface area contributed by atoms with Crippen molar-refractivity contribution in [3.63, 3.8) is 0 Å². The molecule has 1 saturated carbocycles. The van der Waals surface area contributed by atoms with E-state index in [1.165, 1.54) is 0 Å². The number of pyridine rings is 1. The fourth-order valence-corrected chi connectivity index (χ4v) is 2.95. The van der Waals surface area contributed by atoms with Crippen LogP contribution >= 0.6 is 0 Å². The number of aryl methyl sites for hydroxylation is 1. The summed E-state index contributed by atoms with van der Waals surface area (Å²) in [6.45, 7) is 7.31. The second kappa shape index (κ2) is 4.74. The highest BCUT2D eigenvalue weighted by atomic mass is 16.5. The van der Waals surface area contributed by atoms with E-state index >= 15 is 0 Å². The number of aromatic nitrogens is 3. The summed E-state index contributed by atoms with van der Waals surface area (Å²) < 4.78 is 7.78. The van der Waals surface area contributed by atoms with Crippen molar-refractivity contribution in [2.24, 2.45) is 12.5 Å². The Kier molecular flexibility index (Phi) is 3.17. The molecule has 2 heterocycles. The summed E-state index contributed by atoms with van der Waals surface area (Å²) >= 11 is 0. The van der Waals surface area contributed by atoms with E-state index in [-0.39, 0.29) is 5.41 Å². The summed E-state index contributed by atoms with van der Waals surface area (Å²) in [4.78, 5) is 8.89. The first-order valence-electron chi connectivity index (χ1n) is 7.18. The Balaban J connectivity index is 1.81. The SMILES string of the molecule is CCOC1CC(Nc2nccc3c2ncn3C)C1(C)C.